The van der Waals surface area contributed by atoms with Crippen molar-refractivity contribution in [3.05, 3.63) is 0 Å². The quantitative estimate of drug-likeness (QED) is 0.0449. The number of rotatable bonds is 59. The van der Waals surface area contributed by atoms with Crippen molar-refractivity contribution in [2.75, 3.05) is 6.61 Å². The summed E-state index contributed by atoms with van der Waals surface area (Å²) in [5, 5.41) is 0. The highest BCUT2D eigenvalue weighted by atomic mass is 16.5. The van der Waals surface area contributed by atoms with Gasteiger partial charge in [-0.2, -0.15) is 0 Å². The van der Waals surface area contributed by atoms with E-state index in [1.807, 2.05) is 0 Å². The summed E-state index contributed by atoms with van der Waals surface area (Å²) in [5.41, 5.74) is 0. The molecule has 2 heteroatoms. The Morgan fingerprint density at radius 3 is 0.516 bits per heavy atom. The Kier molecular flexibility index (Phi) is 60.0. The molecule has 0 radical (unpaired) electrons. The van der Waals surface area contributed by atoms with Crippen LogP contribution in [0.2, 0.25) is 0 Å². The Balaban J connectivity index is 3.13. The normalized spacial score (nSPS) is 11.6. The Bertz CT molecular complexity index is 807. The molecule has 0 amide bonds. The van der Waals surface area contributed by atoms with Gasteiger partial charge in [0, 0.05) is 6.42 Å². The number of ether oxygens (including phenoxy) is 1. The summed E-state index contributed by atoms with van der Waals surface area (Å²) in [6.45, 7) is 5.25. The lowest BCUT2D eigenvalue weighted by atomic mass is 10.0. The van der Waals surface area contributed by atoms with Crippen molar-refractivity contribution in [2.24, 2.45) is 0 Å². The second kappa shape index (κ2) is 60.5. The maximum absolute atomic E-state index is 12.1. The number of carbonyl (C=O) groups is 1. The fourth-order valence-electron chi connectivity index (χ4n) is 10.1. The third-order valence-electron chi connectivity index (χ3n) is 14.7. The minimum Gasteiger partial charge on any atom is -0.466 e. The summed E-state index contributed by atoms with van der Waals surface area (Å²) >= 11 is 0. The van der Waals surface area contributed by atoms with Gasteiger partial charge in [-0.15, -0.1) is 0 Å². The molecule has 0 saturated heterocycles. The highest BCUT2D eigenvalue weighted by Gasteiger charge is 2.04. The number of unbranched alkanes of at least 4 members (excludes halogenated alkanes) is 55. The first-order valence-corrected chi connectivity index (χ1v) is 31.0. The van der Waals surface area contributed by atoms with Crippen molar-refractivity contribution in [3.63, 3.8) is 0 Å². The largest absolute Gasteiger partial charge is 0.466 e. The summed E-state index contributed by atoms with van der Waals surface area (Å²) in [5.74, 6) is 0.0362. The van der Waals surface area contributed by atoms with E-state index in [2.05, 4.69) is 13.8 Å². The molecule has 64 heavy (non-hydrogen) atoms. The first-order valence-electron chi connectivity index (χ1n) is 31.0. The van der Waals surface area contributed by atoms with Crippen molar-refractivity contribution < 1.29 is 9.53 Å². The zero-order chi connectivity index (χ0) is 46.0. The summed E-state index contributed by atoms with van der Waals surface area (Å²) in [6, 6.07) is 0. The minimum absolute atomic E-state index is 0.0362. The molecule has 0 atom stereocenters. The summed E-state index contributed by atoms with van der Waals surface area (Å²) < 4.78 is 5.51. The van der Waals surface area contributed by atoms with Crippen LogP contribution in [0, 0.1) is 0 Å². The first-order chi connectivity index (χ1) is 31.8. The molecule has 0 rings (SSSR count). The van der Waals surface area contributed by atoms with Gasteiger partial charge in [-0.1, -0.05) is 367 Å². The maximum Gasteiger partial charge on any atom is 0.305 e. The molecule has 0 spiro atoms. The SMILES string of the molecule is CCCCCCCCCCCCCCCCCCCCCCCCCCCCCCCCCCCCCCCC(=O)OCCCCCCCCCCCCCCCCCCCCCC. The van der Waals surface area contributed by atoms with Crippen LogP contribution in [0.4, 0.5) is 0 Å². The molecular formula is C62H124O2. The number of hydrogen-bond donors (Lipinski definition) is 0. The Morgan fingerprint density at radius 2 is 0.344 bits per heavy atom. The van der Waals surface area contributed by atoms with Gasteiger partial charge in [0.2, 0.25) is 0 Å². The van der Waals surface area contributed by atoms with E-state index < -0.39 is 0 Å². The van der Waals surface area contributed by atoms with E-state index in [1.54, 1.807) is 0 Å². The van der Waals surface area contributed by atoms with E-state index in [4.69, 9.17) is 4.74 Å². The van der Waals surface area contributed by atoms with Crippen LogP contribution in [0.25, 0.3) is 0 Å². The van der Waals surface area contributed by atoms with E-state index in [9.17, 15) is 4.79 Å². The van der Waals surface area contributed by atoms with Crippen molar-refractivity contribution in [3.8, 4) is 0 Å². The van der Waals surface area contributed by atoms with E-state index in [1.165, 1.54) is 353 Å². The van der Waals surface area contributed by atoms with Crippen molar-refractivity contribution in [1.29, 1.82) is 0 Å². The van der Waals surface area contributed by atoms with Crippen LogP contribution in [0.3, 0.4) is 0 Å². The van der Waals surface area contributed by atoms with Crippen LogP contribution >= 0.6 is 0 Å². The molecular weight excluding hydrogens is 777 g/mol. The summed E-state index contributed by atoms with van der Waals surface area (Å²) in [6.07, 6.45) is 81.8. The average molecular weight is 902 g/mol. The Morgan fingerprint density at radius 1 is 0.203 bits per heavy atom. The second-order valence-electron chi connectivity index (χ2n) is 21.4. The van der Waals surface area contributed by atoms with Gasteiger partial charge in [0.25, 0.3) is 0 Å². The molecule has 0 aliphatic rings. The standard InChI is InChI=1S/C62H124O2/c1-3-5-7-9-11-13-15-17-19-21-23-25-26-27-28-29-30-31-32-33-34-35-36-37-38-39-40-41-42-44-46-48-50-52-54-56-58-60-62(63)64-61-59-57-55-53-51-49-47-45-43-24-22-20-18-16-14-12-10-8-6-4-2/h3-61H2,1-2H3. The average Bonchev–Trinajstić information content (AvgIpc) is 3.30. The highest BCUT2D eigenvalue weighted by Crippen LogP contribution is 2.19. The zero-order valence-corrected chi connectivity index (χ0v) is 45.0. The first kappa shape index (κ1) is 63.5. The van der Waals surface area contributed by atoms with Gasteiger partial charge in [0.05, 0.1) is 6.61 Å². The van der Waals surface area contributed by atoms with Crippen molar-refractivity contribution in [2.45, 2.75) is 386 Å². The molecule has 2 nitrogen and oxygen atoms in total. The fraction of sp³-hybridized carbons (Fsp3) is 0.984. The molecule has 0 unspecified atom stereocenters. The highest BCUT2D eigenvalue weighted by molar-refractivity contribution is 5.69. The van der Waals surface area contributed by atoms with E-state index >= 15 is 0 Å². The molecule has 0 aromatic rings. The van der Waals surface area contributed by atoms with Gasteiger partial charge in [-0.05, 0) is 12.8 Å². The van der Waals surface area contributed by atoms with Gasteiger partial charge in [-0.3, -0.25) is 4.79 Å². The third kappa shape index (κ3) is 59.5. The lowest BCUT2D eigenvalue weighted by Gasteiger charge is -2.06. The molecule has 0 heterocycles. The molecule has 0 bridgehead atoms. The monoisotopic (exact) mass is 901 g/mol. The Labute approximate surface area is 406 Å². The maximum atomic E-state index is 12.1. The molecule has 0 aromatic heterocycles. The van der Waals surface area contributed by atoms with Crippen LogP contribution in [-0.2, 0) is 9.53 Å². The van der Waals surface area contributed by atoms with E-state index in [-0.39, 0.29) is 5.97 Å². The second-order valence-corrected chi connectivity index (χ2v) is 21.4. The molecule has 0 aliphatic heterocycles. The third-order valence-corrected chi connectivity index (χ3v) is 14.7. The van der Waals surface area contributed by atoms with Gasteiger partial charge >= 0.3 is 5.97 Å². The van der Waals surface area contributed by atoms with Gasteiger partial charge in [-0.25, -0.2) is 0 Å². The van der Waals surface area contributed by atoms with Crippen molar-refractivity contribution >= 4 is 5.97 Å². The smallest absolute Gasteiger partial charge is 0.305 e. The lowest BCUT2D eigenvalue weighted by Crippen LogP contribution is -2.05. The van der Waals surface area contributed by atoms with Crippen LogP contribution in [0.5, 0.6) is 0 Å². The topological polar surface area (TPSA) is 26.3 Å². The molecule has 0 fully saturated rings. The molecule has 0 N–H and O–H groups in total. The van der Waals surface area contributed by atoms with Crippen LogP contribution < -0.4 is 0 Å². The summed E-state index contributed by atoms with van der Waals surface area (Å²) in [4.78, 5) is 12.1. The lowest BCUT2D eigenvalue weighted by molar-refractivity contribution is -0.143. The fourth-order valence-corrected chi connectivity index (χ4v) is 10.1. The molecule has 384 valence electrons. The number of hydrogen-bond acceptors (Lipinski definition) is 2. The predicted octanol–water partition coefficient (Wildman–Crippen LogP) is 23.2. The van der Waals surface area contributed by atoms with Crippen LogP contribution in [0.1, 0.15) is 386 Å². The van der Waals surface area contributed by atoms with Crippen LogP contribution in [0.15, 0.2) is 0 Å². The molecule has 0 aliphatic carbocycles. The van der Waals surface area contributed by atoms with E-state index in [0.29, 0.717) is 13.0 Å². The predicted molar refractivity (Wildman–Crippen MR) is 290 cm³/mol. The van der Waals surface area contributed by atoms with Crippen LogP contribution in [-0.4, -0.2) is 12.6 Å². The zero-order valence-electron chi connectivity index (χ0n) is 45.0. The van der Waals surface area contributed by atoms with Crippen molar-refractivity contribution in [1.82, 2.24) is 0 Å². The minimum atomic E-state index is 0.0362. The van der Waals surface area contributed by atoms with E-state index in [0.717, 1.165) is 12.8 Å². The molecule has 0 saturated carbocycles. The Hall–Kier alpha value is -0.530. The molecule has 0 aromatic carbocycles. The summed E-state index contributed by atoms with van der Waals surface area (Å²) in [7, 11) is 0. The number of carbonyl (C=O) groups excluding carboxylic acids is 1. The van der Waals surface area contributed by atoms with Gasteiger partial charge in [0.15, 0.2) is 0 Å². The van der Waals surface area contributed by atoms with Gasteiger partial charge in [0.1, 0.15) is 0 Å². The number of esters is 1. The van der Waals surface area contributed by atoms with Gasteiger partial charge < -0.3 is 4.74 Å².